The molecule has 1 aliphatic carbocycles. The first kappa shape index (κ1) is 27.1. The average Bonchev–Trinajstić information content (AvgIpc) is 3.25. The van der Waals surface area contributed by atoms with Gasteiger partial charge < -0.3 is 15.3 Å². The van der Waals surface area contributed by atoms with E-state index in [1.165, 1.54) is 17.5 Å². The lowest BCUT2D eigenvalue weighted by Gasteiger charge is -2.44. The van der Waals surface area contributed by atoms with Crippen LogP contribution in [-0.4, -0.2) is 50.9 Å². The first-order valence-electron chi connectivity index (χ1n) is 11.7. The third-order valence-corrected chi connectivity index (χ3v) is 10.3. The molecule has 2 atom stereocenters. The van der Waals surface area contributed by atoms with E-state index in [1.54, 1.807) is 4.90 Å². The molecule has 10 nitrogen and oxygen atoms in total. The molecule has 3 N–H and O–H groups in total. The number of amidine groups is 1. The average molecular weight is 603 g/mol. The van der Waals surface area contributed by atoms with Gasteiger partial charge in [-0.3, -0.25) is 4.79 Å². The number of rotatable bonds is 6. The van der Waals surface area contributed by atoms with Gasteiger partial charge in [0.2, 0.25) is 10.0 Å². The maximum atomic E-state index is 13.8. The van der Waals surface area contributed by atoms with Gasteiger partial charge in [0.05, 0.1) is 6.26 Å². The van der Waals surface area contributed by atoms with Crippen molar-refractivity contribution in [2.24, 2.45) is 10.3 Å². The number of aliphatic hydroxyl groups is 1. The van der Waals surface area contributed by atoms with Crippen molar-refractivity contribution in [1.29, 1.82) is 0 Å². The zero-order chi connectivity index (χ0) is 27.4. The van der Waals surface area contributed by atoms with Crippen LogP contribution in [0.4, 0.5) is 9.39 Å². The van der Waals surface area contributed by atoms with Crippen LogP contribution in [0.3, 0.4) is 0 Å². The summed E-state index contributed by atoms with van der Waals surface area (Å²) in [5, 5.41) is 15.9. The van der Waals surface area contributed by atoms with Crippen LogP contribution in [0.5, 0.6) is 0 Å². The molecule has 1 amide bonds. The molecule has 2 aromatic rings. The Hall–Kier alpha value is -2.52. The molecule has 204 valence electrons. The summed E-state index contributed by atoms with van der Waals surface area (Å²) in [7, 11) is -7.91. The Balaban J connectivity index is 1.53. The monoisotopic (exact) mass is 602 g/mol. The van der Waals surface area contributed by atoms with E-state index < -0.39 is 37.7 Å². The molecular weight excluding hydrogens is 579 g/mol. The summed E-state index contributed by atoms with van der Waals surface area (Å²) in [4.78, 5) is 15.2. The molecule has 0 bridgehead atoms. The van der Waals surface area contributed by atoms with E-state index >= 15 is 0 Å². The Labute approximate surface area is 228 Å². The number of halogens is 2. The Morgan fingerprint density at radius 1 is 1.29 bits per heavy atom. The van der Waals surface area contributed by atoms with Crippen molar-refractivity contribution in [3.8, 4) is 0 Å². The molecule has 2 unspecified atom stereocenters. The number of hydrogen-bond donors (Lipinski definition) is 3. The summed E-state index contributed by atoms with van der Waals surface area (Å²) in [6.07, 6.45) is 3.86. The topological polar surface area (TPSA) is 145 Å². The molecule has 1 saturated carbocycles. The minimum absolute atomic E-state index is 0.0431. The second kappa shape index (κ2) is 9.90. The number of sulfonamides is 2. The van der Waals surface area contributed by atoms with Crippen LogP contribution in [0.1, 0.15) is 36.8 Å². The quantitative estimate of drug-likeness (QED) is 0.459. The van der Waals surface area contributed by atoms with E-state index in [0.717, 1.165) is 36.5 Å². The van der Waals surface area contributed by atoms with Crippen molar-refractivity contribution in [2.75, 3.05) is 11.6 Å². The maximum Gasteiger partial charge on any atom is 0.287 e. The number of fused-ring (bicyclic) bond motifs is 2. The minimum Gasteiger partial charge on any atom is -0.511 e. The molecular formula is C23H24ClFN4O6S3. The number of carbonyl (C=O) groups excluding carboxylic acids is 1. The van der Waals surface area contributed by atoms with Crippen molar-refractivity contribution >= 4 is 59.7 Å². The van der Waals surface area contributed by atoms with Crippen molar-refractivity contribution in [2.45, 2.75) is 49.7 Å². The van der Waals surface area contributed by atoms with Gasteiger partial charge in [-0.1, -0.05) is 30.5 Å². The zero-order valence-corrected chi connectivity index (χ0v) is 23.3. The standard InChI is InChI=1S/C23H24ClFN4O6S3/c1-37(32,33)26-9-13-11-36-22-20(13)38(34,35)28-21(27-22)18-19(30)15-4-2-3-5-17(15)29(23(18)31)10-12-6-7-14(25)8-16(12)24/h6-8,11,15,17,26,30H,2-5,9-10H2,1H3,(H,27,28). The Bertz CT molecular complexity index is 1600. The predicted molar refractivity (Wildman–Crippen MR) is 142 cm³/mol. The van der Waals surface area contributed by atoms with E-state index in [1.807, 2.05) is 0 Å². The van der Waals surface area contributed by atoms with Gasteiger partial charge in [0.15, 0.2) is 5.84 Å². The molecule has 0 spiro atoms. The molecule has 15 heteroatoms. The van der Waals surface area contributed by atoms with Crippen LogP contribution < -0.4 is 10.0 Å². The van der Waals surface area contributed by atoms with Crippen molar-refractivity contribution in [3.05, 3.63) is 56.9 Å². The van der Waals surface area contributed by atoms with Gasteiger partial charge in [0.25, 0.3) is 15.9 Å². The van der Waals surface area contributed by atoms with Gasteiger partial charge in [0.1, 0.15) is 27.0 Å². The molecule has 1 aromatic carbocycles. The number of thiophene rings is 1. The van der Waals surface area contributed by atoms with Crippen molar-refractivity contribution in [3.63, 3.8) is 0 Å². The molecule has 3 heterocycles. The van der Waals surface area contributed by atoms with Crippen LogP contribution in [0.25, 0.3) is 0 Å². The number of benzene rings is 1. The van der Waals surface area contributed by atoms with Gasteiger partial charge in [-0.15, -0.1) is 15.7 Å². The van der Waals surface area contributed by atoms with E-state index in [9.17, 15) is 31.1 Å². The highest BCUT2D eigenvalue weighted by atomic mass is 35.5. The highest BCUT2D eigenvalue weighted by Crippen LogP contribution is 2.42. The third-order valence-electron chi connectivity index (χ3n) is 6.85. The van der Waals surface area contributed by atoms with Gasteiger partial charge in [-0.05, 0) is 35.9 Å². The summed E-state index contributed by atoms with van der Waals surface area (Å²) in [5.74, 6) is -2.08. The number of amides is 1. The lowest BCUT2D eigenvalue weighted by molar-refractivity contribution is -0.133. The lowest BCUT2D eigenvalue weighted by Crippen LogP contribution is -2.52. The largest absolute Gasteiger partial charge is 0.511 e. The van der Waals surface area contributed by atoms with Crippen LogP contribution in [0, 0.1) is 11.7 Å². The van der Waals surface area contributed by atoms with Crippen LogP contribution in [0.15, 0.2) is 44.2 Å². The first-order chi connectivity index (χ1) is 17.9. The van der Waals surface area contributed by atoms with Gasteiger partial charge in [0, 0.05) is 35.6 Å². The smallest absolute Gasteiger partial charge is 0.287 e. The fourth-order valence-corrected chi connectivity index (χ4v) is 8.38. The Morgan fingerprint density at radius 3 is 2.74 bits per heavy atom. The molecule has 1 aromatic heterocycles. The number of hydrogen-bond acceptors (Lipinski definition) is 8. The molecule has 5 rings (SSSR count). The highest BCUT2D eigenvalue weighted by molar-refractivity contribution is 7.91. The summed E-state index contributed by atoms with van der Waals surface area (Å²) in [6.45, 7) is -0.208. The molecule has 3 aliphatic rings. The SMILES string of the molecule is CS(=O)(=O)NCc1csc2c1S(=O)(=O)N=C(C1=C(O)C3CCCCC3N(Cc3ccc(F)cc3Cl)C1=O)N2. The summed E-state index contributed by atoms with van der Waals surface area (Å²) < 4.78 is 69.1. The number of nitrogens with one attached hydrogen (secondary N) is 2. The normalized spacial score (nSPS) is 23.0. The summed E-state index contributed by atoms with van der Waals surface area (Å²) in [6, 6.07) is 3.56. The molecule has 1 fully saturated rings. The zero-order valence-electron chi connectivity index (χ0n) is 20.1. The summed E-state index contributed by atoms with van der Waals surface area (Å²) in [5.41, 5.74) is 0.477. The van der Waals surface area contributed by atoms with E-state index in [2.05, 4.69) is 14.4 Å². The molecule has 0 saturated heterocycles. The van der Waals surface area contributed by atoms with Crippen molar-refractivity contribution < 1.29 is 31.1 Å². The van der Waals surface area contributed by atoms with Crippen LogP contribution in [0.2, 0.25) is 5.02 Å². The number of carbonyl (C=O) groups is 1. The maximum absolute atomic E-state index is 13.8. The molecule has 2 aliphatic heterocycles. The second-order valence-corrected chi connectivity index (χ2v) is 14.1. The van der Waals surface area contributed by atoms with Gasteiger partial charge in [-0.2, -0.15) is 8.42 Å². The number of aliphatic hydroxyl groups excluding tert-OH is 1. The number of nitrogens with zero attached hydrogens (tertiary/aromatic N) is 2. The second-order valence-electron chi connectivity index (χ2n) is 9.44. The van der Waals surface area contributed by atoms with Crippen molar-refractivity contribution in [1.82, 2.24) is 9.62 Å². The Kier molecular flexibility index (Phi) is 7.05. The van der Waals surface area contributed by atoms with Crippen LogP contribution in [-0.2, 0) is 37.9 Å². The Morgan fingerprint density at radius 2 is 2.03 bits per heavy atom. The van der Waals surface area contributed by atoms with E-state index in [0.29, 0.717) is 18.4 Å². The van der Waals surface area contributed by atoms with E-state index in [4.69, 9.17) is 11.6 Å². The number of anilines is 1. The summed E-state index contributed by atoms with van der Waals surface area (Å²) >= 11 is 7.26. The predicted octanol–water partition coefficient (Wildman–Crippen LogP) is 3.52. The van der Waals surface area contributed by atoms with E-state index in [-0.39, 0.29) is 56.8 Å². The van der Waals surface area contributed by atoms with Gasteiger partial charge in [-0.25, -0.2) is 17.5 Å². The highest BCUT2D eigenvalue weighted by Gasteiger charge is 2.46. The minimum atomic E-state index is -4.34. The first-order valence-corrected chi connectivity index (χ1v) is 16.3. The van der Waals surface area contributed by atoms with Gasteiger partial charge >= 0.3 is 0 Å². The molecule has 38 heavy (non-hydrogen) atoms. The fraction of sp³-hybridized carbons (Fsp3) is 0.391. The third kappa shape index (κ3) is 5.07. The lowest BCUT2D eigenvalue weighted by atomic mass is 9.78. The molecule has 0 radical (unpaired) electrons. The fourth-order valence-electron chi connectivity index (χ4n) is 5.12. The van der Waals surface area contributed by atoms with Crippen LogP contribution >= 0.6 is 22.9 Å².